The zero-order valence-corrected chi connectivity index (χ0v) is 11.7. The number of ether oxygens (including phenoxy) is 1. The lowest BCUT2D eigenvalue weighted by Crippen LogP contribution is -2.01. The zero-order valence-electron chi connectivity index (χ0n) is 10.9. The number of carbonyl (C=O) groups is 1. The molecular weight excluding hydrogens is 264 g/mol. The fraction of sp³-hybridized carbons (Fsp3) is 0.231. The molecule has 0 atom stereocenters. The topological polar surface area (TPSA) is 64.3 Å². The van der Waals surface area contributed by atoms with Crippen molar-refractivity contribution < 1.29 is 14.6 Å². The van der Waals surface area contributed by atoms with Crippen molar-refractivity contribution in [3.05, 3.63) is 30.0 Å². The number of benzene rings is 1. The van der Waals surface area contributed by atoms with E-state index in [0.29, 0.717) is 10.9 Å². The molecule has 1 aromatic heterocycles. The number of hydrogen-bond donors (Lipinski definition) is 1. The van der Waals surface area contributed by atoms with Gasteiger partial charge in [0.25, 0.3) is 0 Å². The first kappa shape index (κ1) is 13.5. The first-order valence-electron chi connectivity index (χ1n) is 5.57. The van der Waals surface area contributed by atoms with E-state index in [1.54, 1.807) is 23.8 Å². The standard InChI is InChI=1S/C13H14N2O3S/c1-15-11(8-4-6-9(18-2)7-5-8)10(12(16)17)14-13(15)19-3/h4-7H,1-3H3,(H,16,17). The van der Waals surface area contributed by atoms with Gasteiger partial charge in [-0.2, -0.15) is 0 Å². The molecule has 0 radical (unpaired) electrons. The maximum atomic E-state index is 11.3. The molecule has 6 heteroatoms. The average Bonchev–Trinajstić information content (AvgIpc) is 2.76. The predicted molar refractivity (Wildman–Crippen MR) is 73.9 cm³/mol. The number of hydrogen-bond acceptors (Lipinski definition) is 4. The molecule has 1 heterocycles. The molecule has 5 nitrogen and oxygen atoms in total. The molecule has 0 bridgehead atoms. The third kappa shape index (κ3) is 2.44. The number of carboxylic acid groups (broad SMARTS) is 1. The number of thioether (sulfide) groups is 1. The van der Waals surface area contributed by atoms with Gasteiger partial charge in [-0.25, -0.2) is 9.78 Å². The van der Waals surface area contributed by atoms with Gasteiger partial charge < -0.3 is 14.4 Å². The van der Waals surface area contributed by atoms with Crippen molar-refractivity contribution in [1.82, 2.24) is 9.55 Å². The summed E-state index contributed by atoms with van der Waals surface area (Å²) in [7, 11) is 3.40. The summed E-state index contributed by atoms with van der Waals surface area (Å²) in [4.78, 5) is 15.4. The van der Waals surface area contributed by atoms with E-state index in [1.165, 1.54) is 11.8 Å². The monoisotopic (exact) mass is 278 g/mol. The van der Waals surface area contributed by atoms with Crippen LogP contribution in [0.5, 0.6) is 5.75 Å². The summed E-state index contributed by atoms with van der Waals surface area (Å²) in [5, 5.41) is 9.92. The lowest BCUT2D eigenvalue weighted by Gasteiger charge is -2.06. The minimum absolute atomic E-state index is 0.0667. The summed E-state index contributed by atoms with van der Waals surface area (Å²) in [6, 6.07) is 7.25. The van der Waals surface area contributed by atoms with Gasteiger partial charge in [0, 0.05) is 12.6 Å². The molecule has 0 unspecified atom stereocenters. The third-order valence-electron chi connectivity index (χ3n) is 2.80. The number of carboxylic acids is 1. The fourth-order valence-electron chi connectivity index (χ4n) is 1.89. The van der Waals surface area contributed by atoms with Gasteiger partial charge in [0.2, 0.25) is 0 Å². The molecule has 0 saturated carbocycles. The van der Waals surface area contributed by atoms with Gasteiger partial charge in [-0.05, 0) is 30.5 Å². The van der Waals surface area contributed by atoms with E-state index in [0.717, 1.165) is 11.3 Å². The number of methoxy groups -OCH3 is 1. The Kier molecular flexibility index (Phi) is 3.80. The van der Waals surface area contributed by atoms with Crippen LogP contribution in [0.1, 0.15) is 10.5 Å². The molecule has 19 heavy (non-hydrogen) atoms. The fourth-order valence-corrected chi connectivity index (χ4v) is 2.44. The molecule has 100 valence electrons. The van der Waals surface area contributed by atoms with Crippen LogP contribution in [0.25, 0.3) is 11.3 Å². The largest absolute Gasteiger partial charge is 0.497 e. The van der Waals surface area contributed by atoms with Gasteiger partial charge in [0.05, 0.1) is 12.8 Å². The van der Waals surface area contributed by atoms with Gasteiger partial charge in [0.15, 0.2) is 10.9 Å². The minimum Gasteiger partial charge on any atom is -0.497 e. The van der Waals surface area contributed by atoms with Crippen LogP contribution in [0.2, 0.25) is 0 Å². The van der Waals surface area contributed by atoms with Crippen LogP contribution in [0.4, 0.5) is 0 Å². The highest BCUT2D eigenvalue weighted by Gasteiger charge is 2.21. The number of aromatic carboxylic acids is 1. The van der Waals surface area contributed by atoms with Gasteiger partial charge >= 0.3 is 5.97 Å². The maximum Gasteiger partial charge on any atom is 0.356 e. The van der Waals surface area contributed by atoms with Crippen molar-refractivity contribution in [1.29, 1.82) is 0 Å². The first-order chi connectivity index (χ1) is 9.08. The van der Waals surface area contributed by atoms with Crippen LogP contribution in [0.3, 0.4) is 0 Å². The molecule has 1 aromatic carbocycles. The molecule has 0 amide bonds. The Hall–Kier alpha value is -1.95. The molecule has 1 N–H and O–H groups in total. The van der Waals surface area contributed by atoms with Gasteiger partial charge in [0.1, 0.15) is 5.75 Å². The lowest BCUT2D eigenvalue weighted by atomic mass is 10.1. The highest BCUT2D eigenvalue weighted by Crippen LogP contribution is 2.29. The number of rotatable bonds is 4. The molecule has 0 aliphatic heterocycles. The predicted octanol–water partition coefficient (Wildman–Crippen LogP) is 2.52. The van der Waals surface area contributed by atoms with Crippen LogP contribution < -0.4 is 4.74 Å². The Morgan fingerprint density at radius 1 is 1.37 bits per heavy atom. The minimum atomic E-state index is -1.03. The van der Waals surface area contributed by atoms with Crippen LogP contribution in [0, 0.1) is 0 Å². The molecule has 0 saturated heterocycles. The SMILES string of the molecule is COc1ccc(-c2c(C(=O)O)nc(SC)n2C)cc1. The van der Waals surface area contributed by atoms with E-state index in [4.69, 9.17) is 4.74 Å². The Bertz CT molecular complexity index is 605. The van der Waals surface area contributed by atoms with Crippen molar-refractivity contribution in [3.63, 3.8) is 0 Å². The summed E-state index contributed by atoms with van der Waals surface area (Å²) in [6.07, 6.45) is 1.87. The third-order valence-corrected chi connectivity index (χ3v) is 3.53. The van der Waals surface area contributed by atoms with E-state index < -0.39 is 5.97 Å². The van der Waals surface area contributed by atoms with E-state index >= 15 is 0 Å². The Morgan fingerprint density at radius 2 is 2.00 bits per heavy atom. The molecule has 0 aliphatic carbocycles. The molecular formula is C13H14N2O3S. The van der Waals surface area contributed by atoms with Gasteiger partial charge in [-0.3, -0.25) is 0 Å². The second-order valence-corrected chi connectivity index (χ2v) is 4.66. The zero-order chi connectivity index (χ0) is 14.0. The van der Waals surface area contributed by atoms with Crippen LogP contribution >= 0.6 is 11.8 Å². The lowest BCUT2D eigenvalue weighted by molar-refractivity contribution is 0.0691. The van der Waals surface area contributed by atoms with Crippen molar-refractivity contribution in [2.24, 2.45) is 7.05 Å². The summed E-state index contributed by atoms with van der Waals surface area (Å²) < 4.78 is 6.88. The van der Waals surface area contributed by atoms with E-state index in [9.17, 15) is 9.90 Å². The molecule has 2 aromatic rings. The van der Waals surface area contributed by atoms with Crippen LogP contribution in [-0.4, -0.2) is 34.0 Å². The summed E-state index contributed by atoms with van der Waals surface area (Å²) >= 11 is 1.41. The number of aromatic nitrogens is 2. The molecule has 2 rings (SSSR count). The van der Waals surface area contributed by atoms with Crippen molar-refractivity contribution in [2.45, 2.75) is 5.16 Å². The second kappa shape index (κ2) is 5.36. The highest BCUT2D eigenvalue weighted by atomic mass is 32.2. The van der Waals surface area contributed by atoms with Crippen LogP contribution in [0.15, 0.2) is 29.4 Å². The average molecular weight is 278 g/mol. The smallest absolute Gasteiger partial charge is 0.356 e. The first-order valence-corrected chi connectivity index (χ1v) is 6.79. The van der Waals surface area contributed by atoms with Crippen LogP contribution in [-0.2, 0) is 7.05 Å². The normalized spacial score (nSPS) is 10.5. The Balaban J connectivity index is 2.58. The summed E-state index contributed by atoms with van der Waals surface area (Å²) in [5.41, 5.74) is 1.46. The number of imidazole rings is 1. The number of nitrogens with zero attached hydrogens (tertiary/aromatic N) is 2. The second-order valence-electron chi connectivity index (χ2n) is 3.89. The van der Waals surface area contributed by atoms with Gasteiger partial charge in [-0.15, -0.1) is 0 Å². The summed E-state index contributed by atoms with van der Waals surface area (Å²) in [6.45, 7) is 0. The quantitative estimate of drug-likeness (QED) is 0.871. The van der Waals surface area contributed by atoms with Crippen molar-refractivity contribution in [3.8, 4) is 17.0 Å². The van der Waals surface area contributed by atoms with Gasteiger partial charge in [-0.1, -0.05) is 11.8 Å². The van der Waals surface area contributed by atoms with E-state index in [2.05, 4.69) is 4.98 Å². The van der Waals surface area contributed by atoms with E-state index in [-0.39, 0.29) is 5.69 Å². The Labute approximate surface area is 115 Å². The Morgan fingerprint density at radius 3 is 2.47 bits per heavy atom. The van der Waals surface area contributed by atoms with Crippen molar-refractivity contribution >= 4 is 17.7 Å². The highest BCUT2D eigenvalue weighted by molar-refractivity contribution is 7.98. The summed E-state index contributed by atoms with van der Waals surface area (Å²) in [5.74, 6) is -0.297. The molecule has 0 fully saturated rings. The van der Waals surface area contributed by atoms with E-state index in [1.807, 2.05) is 25.4 Å². The van der Waals surface area contributed by atoms with Crippen molar-refractivity contribution in [2.75, 3.05) is 13.4 Å². The maximum absolute atomic E-state index is 11.3. The molecule has 0 aliphatic rings. The molecule has 0 spiro atoms.